The molecule has 1 aromatic heterocycles. The second-order valence-electron chi connectivity index (χ2n) is 6.97. The van der Waals surface area contributed by atoms with Crippen molar-refractivity contribution in [3.63, 3.8) is 0 Å². The zero-order valence-corrected chi connectivity index (χ0v) is 14.0. The van der Waals surface area contributed by atoms with Gasteiger partial charge in [-0.15, -0.1) is 0 Å². The van der Waals surface area contributed by atoms with Gasteiger partial charge in [-0.25, -0.2) is 0 Å². The molecule has 0 bridgehead atoms. The summed E-state index contributed by atoms with van der Waals surface area (Å²) in [7, 11) is 0. The number of benzene rings is 1. The first kappa shape index (κ1) is 14.9. The molecule has 0 radical (unpaired) electrons. The first-order chi connectivity index (χ1) is 11.5. The van der Waals surface area contributed by atoms with Gasteiger partial charge in [-0.3, -0.25) is 9.78 Å². The highest BCUT2D eigenvalue weighted by Crippen LogP contribution is 2.52. The van der Waals surface area contributed by atoms with Crippen LogP contribution >= 0.6 is 0 Å². The normalized spacial score (nSPS) is 24.6. The predicted octanol–water partition coefficient (Wildman–Crippen LogP) is 3.11. The van der Waals surface area contributed by atoms with Crippen LogP contribution in [0.1, 0.15) is 31.4 Å². The van der Waals surface area contributed by atoms with E-state index in [1.807, 2.05) is 12.1 Å². The van der Waals surface area contributed by atoms with E-state index in [0.29, 0.717) is 6.42 Å². The van der Waals surface area contributed by atoms with Crippen LogP contribution in [0.5, 0.6) is 0 Å². The summed E-state index contributed by atoms with van der Waals surface area (Å²) in [6, 6.07) is 12.4. The molecule has 0 aliphatic carbocycles. The largest absolute Gasteiger partial charge is 0.344 e. The van der Waals surface area contributed by atoms with Crippen LogP contribution < -0.4 is 10.2 Å². The maximum atomic E-state index is 12.3. The van der Waals surface area contributed by atoms with E-state index in [1.165, 1.54) is 11.3 Å². The molecule has 1 unspecified atom stereocenters. The van der Waals surface area contributed by atoms with Gasteiger partial charge in [0.05, 0.1) is 0 Å². The molecule has 2 aliphatic heterocycles. The maximum absolute atomic E-state index is 12.3. The van der Waals surface area contributed by atoms with E-state index in [1.54, 1.807) is 12.4 Å². The van der Waals surface area contributed by atoms with E-state index in [4.69, 9.17) is 0 Å². The number of amides is 1. The molecule has 1 saturated heterocycles. The highest BCUT2D eigenvalue weighted by molar-refractivity contribution is 5.84. The summed E-state index contributed by atoms with van der Waals surface area (Å²) in [5.74, 6) is 0.103. The van der Waals surface area contributed by atoms with Crippen LogP contribution in [0.4, 0.5) is 5.69 Å². The van der Waals surface area contributed by atoms with Crippen molar-refractivity contribution in [1.82, 2.24) is 10.3 Å². The second-order valence-corrected chi connectivity index (χ2v) is 6.97. The molecule has 4 rings (SSSR count). The first-order valence-corrected chi connectivity index (χ1v) is 8.32. The van der Waals surface area contributed by atoms with Crippen molar-refractivity contribution in [2.45, 2.75) is 31.3 Å². The zero-order valence-electron chi connectivity index (χ0n) is 14.0. The minimum absolute atomic E-state index is 0.103. The maximum Gasteiger partial charge on any atom is 0.223 e. The number of anilines is 1. The Morgan fingerprint density at radius 1 is 1.17 bits per heavy atom. The van der Waals surface area contributed by atoms with Crippen molar-refractivity contribution in [2.75, 3.05) is 11.4 Å². The average Bonchev–Trinajstić information content (AvgIpc) is 2.79. The lowest BCUT2D eigenvalue weighted by Crippen LogP contribution is -2.68. The Bertz CT molecular complexity index is 813. The molecule has 1 amide bonds. The lowest BCUT2D eigenvalue weighted by Gasteiger charge is -2.49. The number of hydrogen-bond acceptors (Lipinski definition) is 3. The van der Waals surface area contributed by atoms with E-state index in [2.05, 4.69) is 65.5 Å². The van der Waals surface area contributed by atoms with Crippen LogP contribution in [0.2, 0.25) is 0 Å². The zero-order chi connectivity index (χ0) is 16.8. The van der Waals surface area contributed by atoms with Gasteiger partial charge >= 0.3 is 0 Å². The molecule has 1 fully saturated rings. The van der Waals surface area contributed by atoms with Crippen LogP contribution in [0, 0.1) is 0 Å². The Morgan fingerprint density at radius 2 is 1.92 bits per heavy atom. The molecular weight excluding hydrogens is 298 g/mol. The molecular formula is C20H21N3O. The third-order valence-electron chi connectivity index (χ3n) is 5.36. The fourth-order valence-electron chi connectivity index (χ4n) is 4.01. The molecule has 1 N–H and O–H groups in total. The molecule has 4 heteroatoms. The quantitative estimate of drug-likeness (QED) is 0.925. The third-order valence-corrected chi connectivity index (χ3v) is 5.36. The number of rotatable bonds is 2. The number of fused-ring (bicyclic) bond motifs is 3. The predicted molar refractivity (Wildman–Crippen MR) is 95.6 cm³/mol. The number of aromatic nitrogens is 1. The number of carbonyl (C=O) groups is 1. The van der Waals surface area contributed by atoms with Crippen LogP contribution in [-0.2, 0) is 10.2 Å². The van der Waals surface area contributed by atoms with Crippen LogP contribution in [0.3, 0.4) is 0 Å². The van der Waals surface area contributed by atoms with Gasteiger partial charge in [0.15, 0.2) is 0 Å². The van der Waals surface area contributed by atoms with E-state index < -0.39 is 5.66 Å². The highest BCUT2D eigenvalue weighted by Gasteiger charge is 2.57. The number of hydrogen-bond donors (Lipinski definition) is 1. The Morgan fingerprint density at radius 3 is 2.71 bits per heavy atom. The minimum atomic E-state index is -0.546. The van der Waals surface area contributed by atoms with Gasteiger partial charge in [0.2, 0.25) is 5.91 Å². The lowest BCUT2D eigenvalue weighted by atomic mass is 9.74. The lowest BCUT2D eigenvalue weighted by molar-refractivity contribution is -0.124. The summed E-state index contributed by atoms with van der Waals surface area (Å²) in [6.07, 6.45) is 8.30. The van der Waals surface area contributed by atoms with Gasteiger partial charge in [0, 0.05) is 36.5 Å². The summed E-state index contributed by atoms with van der Waals surface area (Å²) in [6.45, 7) is 5.13. The number of nitrogens with zero attached hydrogens (tertiary/aromatic N) is 2. The third kappa shape index (κ3) is 1.99. The Hall–Kier alpha value is -2.62. The monoisotopic (exact) mass is 319 g/mol. The summed E-state index contributed by atoms with van der Waals surface area (Å²) >= 11 is 0. The Kier molecular flexibility index (Phi) is 3.23. The number of carbonyl (C=O) groups excluding carboxylic acids is 1. The second kappa shape index (κ2) is 5.20. The van der Waals surface area contributed by atoms with Crippen molar-refractivity contribution in [3.8, 4) is 0 Å². The van der Waals surface area contributed by atoms with Crippen molar-refractivity contribution in [3.05, 3.63) is 66.0 Å². The van der Waals surface area contributed by atoms with Crippen LogP contribution in [0.15, 0.2) is 54.9 Å². The molecule has 0 saturated carbocycles. The van der Waals surface area contributed by atoms with Crippen molar-refractivity contribution in [2.24, 2.45) is 0 Å². The first-order valence-electron chi connectivity index (χ1n) is 8.32. The van der Waals surface area contributed by atoms with Gasteiger partial charge in [0.25, 0.3) is 0 Å². The molecule has 2 aliphatic rings. The van der Waals surface area contributed by atoms with E-state index in [-0.39, 0.29) is 11.3 Å². The Labute approximate surface area is 142 Å². The number of para-hydroxylation sites is 1. The summed E-state index contributed by atoms with van der Waals surface area (Å²) in [5, 5.41) is 3.28. The SMILES string of the molecule is CC1(C)c2ccccc2N2CCC(=O)NC21C=Cc1ccncc1. The fraction of sp³-hybridized carbons (Fsp3) is 0.300. The fourth-order valence-corrected chi connectivity index (χ4v) is 4.01. The average molecular weight is 319 g/mol. The van der Waals surface area contributed by atoms with Gasteiger partial charge in [-0.05, 0) is 35.4 Å². The smallest absolute Gasteiger partial charge is 0.223 e. The Balaban J connectivity index is 1.86. The minimum Gasteiger partial charge on any atom is -0.344 e. The van der Waals surface area contributed by atoms with E-state index >= 15 is 0 Å². The van der Waals surface area contributed by atoms with E-state index in [0.717, 1.165) is 12.1 Å². The summed E-state index contributed by atoms with van der Waals surface area (Å²) < 4.78 is 0. The molecule has 3 heterocycles. The van der Waals surface area contributed by atoms with Crippen LogP contribution in [0.25, 0.3) is 6.08 Å². The van der Waals surface area contributed by atoms with E-state index in [9.17, 15) is 4.79 Å². The van der Waals surface area contributed by atoms with Crippen LogP contribution in [-0.4, -0.2) is 23.1 Å². The summed E-state index contributed by atoms with van der Waals surface area (Å²) in [5.41, 5.74) is 2.78. The van der Waals surface area contributed by atoms with Crippen molar-refractivity contribution < 1.29 is 4.79 Å². The molecule has 0 spiro atoms. The molecule has 24 heavy (non-hydrogen) atoms. The topological polar surface area (TPSA) is 45.2 Å². The number of nitrogens with one attached hydrogen (secondary N) is 1. The molecule has 4 nitrogen and oxygen atoms in total. The van der Waals surface area contributed by atoms with Gasteiger partial charge in [-0.1, -0.05) is 38.1 Å². The van der Waals surface area contributed by atoms with Gasteiger partial charge in [-0.2, -0.15) is 0 Å². The van der Waals surface area contributed by atoms with Crippen molar-refractivity contribution >= 4 is 17.7 Å². The number of pyridine rings is 1. The van der Waals surface area contributed by atoms with Gasteiger partial charge < -0.3 is 10.2 Å². The molecule has 2 aromatic rings. The summed E-state index contributed by atoms with van der Waals surface area (Å²) in [4.78, 5) is 18.7. The highest BCUT2D eigenvalue weighted by atomic mass is 16.2. The standard InChI is InChI=1S/C20H21N3O/c1-19(2)16-5-3-4-6-17(16)23-14-10-18(24)22-20(19,23)11-7-15-8-12-21-13-9-15/h3-9,11-13H,10,14H2,1-2H3,(H,22,24). The molecule has 122 valence electrons. The molecule has 1 aromatic carbocycles. The van der Waals surface area contributed by atoms with Gasteiger partial charge in [0.1, 0.15) is 5.66 Å². The molecule has 1 atom stereocenters. The van der Waals surface area contributed by atoms with Crippen molar-refractivity contribution in [1.29, 1.82) is 0 Å².